The minimum Gasteiger partial charge on any atom is -0.484 e. The Balaban J connectivity index is 1.18. The maximum absolute atomic E-state index is 13.1. The van der Waals surface area contributed by atoms with Crippen LogP contribution in [0.3, 0.4) is 0 Å². The van der Waals surface area contributed by atoms with Crippen LogP contribution >= 0.6 is 0 Å². The van der Waals surface area contributed by atoms with E-state index in [1.807, 2.05) is 65.6 Å². The molecule has 0 aromatic heterocycles. The summed E-state index contributed by atoms with van der Waals surface area (Å²) in [5, 5.41) is 0. The number of rotatable bonds is 11. The van der Waals surface area contributed by atoms with Crippen LogP contribution in [0.25, 0.3) is 16.7 Å². The molecule has 0 atom stereocenters. The van der Waals surface area contributed by atoms with Crippen LogP contribution in [0.15, 0.2) is 115 Å². The molecule has 0 bridgehead atoms. The lowest BCUT2D eigenvalue weighted by Gasteiger charge is -2.39. The van der Waals surface area contributed by atoms with E-state index >= 15 is 0 Å². The number of allylic oxidation sites excluding steroid dienone is 1. The second kappa shape index (κ2) is 15.2. The summed E-state index contributed by atoms with van der Waals surface area (Å²) in [5.74, 6) is 5.30. The van der Waals surface area contributed by atoms with E-state index in [0.29, 0.717) is 24.4 Å². The lowest BCUT2D eigenvalue weighted by Crippen LogP contribution is -2.51. The molecule has 1 aliphatic rings. The molecule has 1 saturated heterocycles. The summed E-state index contributed by atoms with van der Waals surface area (Å²) in [6.07, 6.45) is 0. The molecule has 1 aliphatic heterocycles. The van der Waals surface area contributed by atoms with Crippen molar-refractivity contribution >= 4 is 17.4 Å². The fourth-order valence-electron chi connectivity index (χ4n) is 5.65. The molecule has 0 unspecified atom stereocenters. The topological polar surface area (TPSA) is 94.3 Å². The Morgan fingerprint density at radius 1 is 0.778 bits per heavy atom. The molecule has 8 nitrogen and oxygen atoms in total. The normalized spacial score (nSPS) is 14.1. The van der Waals surface area contributed by atoms with E-state index in [1.165, 1.54) is 11.1 Å². The lowest BCUT2D eigenvalue weighted by atomic mass is 9.96. The van der Waals surface area contributed by atoms with Crippen molar-refractivity contribution in [3.63, 3.8) is 0 Å². The van der Waals surface area contributed by atoms with Crippen molar-refractivity contribution in [1.82, 2.24) is 9.80 Å². The first-order valence-corrected chi connectivity index (χ1v) is 15.2. The number of nitrogens with two attached hydrogens (primary N) is 1. The number of benzene rings is 4. The molecule has 1 heterocycles. The van der Waals surface area contributed by atoms with Crippen molar-refractivity contribution < 1.29 is 23.9 Å². The first kappa shape index (κ1) is 31.5. The highest BCUT2D eigenvalue weighted by Gasteiger charge is 2.28. The second-order valence-electron chi connectivity index (χ2n) is 10.8. The maximum atomic E-state index is 13.1. The van der Waals surface area contributed by atoms with Gasteiger partial charge in [-0.2, -0.15) is 5.90 Å². The fraction of sp³-hybridized carbons (Fsp3) is 0.243. The van der Waals surface area contributed by atoms with Gasteiger partial charge in [0, 0.05) is 31.8 Å². The summed E-state index contributed by atoms with van der Waals surface area (Å²) in [6, 6.07) is 36.5. The summed E-state index contributed by atoms with van der Waals surface area (Å²) in [4.78, 5) is 34.4. The van der Waals surface area contributed by atoms with E-state index in [9.17, 15) is 9.59 Å². The Hall–Kier alpha value is -4.92. The van der Waals surface area contributed by atoms with Gasteiger partial charge in [-0.25, -0.2) is 4.79 Å². The molecule has 0 spiro atoms. The molecule has 0 aliphatic carbocycles. The van der Waals surface area contributed by atoms with Gasteiger partial charge in [0.2, 0.25) is 5.76 Å². The van der Waals surface area contributed by atoms with Gasteiger partial charge < -0.3 is 19.2 Å². The highest BCUT2D eigenvalue weighted by atomic mass is 16.6. The molecule has 4 aromatic carbocycles. The van der Waals surface area contributed by atoms with Crippen LogP contribution in [0.4, 0.5) is 0 Å². The van der Waals surface area contributed by atoms with Gasteiger partial charge in [-0.1, -0.05) is 97.1 Å². The summed E-state index contributed by atoms with van der Waals surface area (Å²) >= 11 is 0. The average Bonchev–Trinajstić information content (AvgIpc) is 3.09. The Bertz CT molecular complexity index is 1560. The third-order valence-corrected chi connectivity index (χ3v) is 8.03. The van der Waals surface area contributed by atoms with Crippen LogP contribution in [0.5, 0.6) is 5.75 Å². The van der Waals surface area contributed by atoms with Crippen molar-refractivity contribution in [2.45, 2.75) is 19.9 Å². The molecule has 0 saturated carbocycles. The number of esters is 1. The van der Waals surface area contributed by atoms with Crippen molar-refractivity contribution in [2.75, 3.05) is 39.4 Å². The Morgan fingerprint density at radius 2 is 1.40 bits per heavy atom. The number of ether oxygens (including phenoxy) is 2. The van der Waals surface area contributed by atoms with Gasteiger partial charge in [0.15, 0.2) is 6.61 Å². The zero-order valence-electron chi connectivity index (χ0n) is 25.7. The molecule has 1 fully saturated rings. The van der Waals surface area contributed by atoms with Crippen molar-refractivity contribution in [3.05, 3.63) is 132 Å². The van der Waals surface area contributed by atoms with Crippen molar-refractivity contribution in [2.24, 2.45) is 5.90 Å². The first-order chi connectivity index (χ1) is 22.0. The number of hydrogen-bond donors (Lipinski definition) is 1. The number of carbonyl (C=O) groups excluding carboxylic acids is 2. The van der Waals surface area contributed by atoms with Gasteiger partial charge in [0.25, 0.3) is 5.91 Å². The Labute approximate surface area is 264 Å². The quantitative estimate of drug-likeness (QED) is 0.0992. The predicted molar refractivity (Wildman–Crippen MR) is 175 cm³/mol. The smallest absolute Gasteiger partial charge is 0.376 e. The van der Waals surface area contributed by atoms with Gasteiger partial charge in [-0.3, -0.25) is 9.69 Å². The predicted octanol–water partition coefficient (Wildman–Crippen LogP) is 5.85. The van der Waals surface area contributed by atoms with E-state index in [-0.39, 0.29) is 30.9 Å². The Morgan fingerprint density at radius 3 is 1.98 bits per heavy atom. The van der Waals surface area contributed by atoms with Crippen molar-refractivity contribution in [1.29, 1.82) is 0 Å². The van der Waals surface area contributed by atoms with E-state index < -0.39 is 5.97 Å². The van der Waals surface area contributed by atoms with E-state index in [2.05, 4.69) is 53.4 Å². The lowest BCUT2D eigenvalue weighted by molar-refractivity contribution is -0.142. The second-order valence-corrected chi connectivity index (χ2v) is 10.8. The molecule has 5 rings (SSSR count). The maximum Gasteiger partial charge on any atom is 0.376 e. The first-order valence-electron chi connectivity index (χ1n) is 15.2. The zero-order chi connectivity index (χ0) is 31.6. The number of amides is 1. The molecule has 2 N–H and O–H groups in total. The minimum atomic E-state index is -0.605. The van der Waals surface area contributed by atoms with Gasteiger partial charge in [-0.05, 0) is 53.8 Å². The van der Waals surface area contributed by atoms with Gasteiger partial charge in [0.1, 0.15) is 5.75 Å². The molecule has 0 radical (unpaired) electrons. The fourth-order valence-corrected chi connectivity index (χ4v) is 5.65. The molecular formula is C37H39N3O5. The third-order valence-electron chi connectivity index (χ3n) is 8.03. The summed E-state index contributed by atoms with van der Waals surface area (Å²) in [7, 11) is 0. The summed E-state index contributed by atoms with van der Waals surface area (Å²) in [5.41, 5.74) is 5.75. The van der Waals surface area contributed by atoms with E-state index in [4.69, 9.17) is 20.2 Å². The molecule has 8 heteroatoms. The van der Waals surface area contributed by atoms with Crippen LogP contribution in [-0.2, 0) is 19.2 Å². The van der Waals surface area contributed by atoms with Gasteiger partial charge in [-0.15, -0.1) is 0 Å². The van der Waals surface area contributed by atoms with E-state index in [1.54, 1.807) is 13.8 Å². The van der Waals surface area contributed by atoms with Crippen LogP contribution in [0.2, 0.25) is 0 Å². The molecule has 1 amide bonds. The zero-order valence-corrected chi connectivity index (χ0v) is 25.7. The largest absolute Gasteiger partial charge is 0.484 e. The third kappa shape index (κ3) is 7.78. The van der Waals surface area contributed by atoms with Crippen LogP contribution in [0, 0.1) is 0 Å². The van der Waals surface area contributed by atoms with Crippen LogP contribution in [-0.4, -0.2) is 61.1 Å². The van der Waals surface area contributed by atoms with Gasteiger partial charge >= 0.3 is 5.97 Å². The van der Waals surface area contributed by atoms with Crippen LogP contribution in [0.1, 0.15) is 36.6 Å². The standard InChI is InChI=1S/C37H39N3O5/c1-3-43-37(42)36(45-38)27(2)28-17-19-29(20-18-28)32-15-10-16-33(25-32)44-26-34(41)39-21-23-40(24-22-39)35(30-11-6-4-7-12-30)31-13-8-5-9-14-31/h4-20,25,35H,3,21-24,26,38H2,1-2H3. The minimum absolute atomic E-state index is 0.0249. The average molecular weight is 606 g/mol. The number of hydrogen-bond acceptors (Lipinski definition) is 7. The van der Waals surface area contributed by atoms with E-state index in [0.717, 1.165) is 29.8 Å². The molecule has 232 valence electrons. The molecular weight excluding hydrogens is 566 g/mol. The highest BCUT2D eigenvalue weighted by molar-refractivity contribution is 5.95. The molecule has 4 aromatic rings. The number of nitrogens with zero attached hydrogens (tertiary/aromatic N) is 2. The van der Waals surface area contributed by atoms with Crippen molar-refractivity contribution in [3.8, 4) is 16.9 Å². The number of piperazine rings is 1. The van der Waals surface area contributed by atoms with Gasteiger partial charge in [0.05, 0.1) is 12.6 Å². The Kier molecular flexibility index (Phi) is 10.6. The number of carbonyl (C=O) groups is 2. The summed E-state index contributed by atoms with van der Waals surface area (Å²) < 4.78 is 11.0. The monoisotopic (exact) mass is 605 g/mol. The summed E-state index contributed by atoms with van der Waals surface area (Å²) in [6.45, 7) is 6.52. The molecule has 45 heavy (non-hydrogen) atoms. The SMILES string of the molecule is CCOC(=O)C(ON)=C(C)c1ccc(-c2cccc(OCC(=O)N3CCN(C(c4ccccc4)c4ccccc4)CC3)c2)cc1. The highest BCUT2D eigenvalue weighted by Crippen LogP contribution is 2.30. The van der Waals surface area contributed by atoms with Crippen LogP contribution < -0.4 is 10.6 Å².